The van der Waals surface area contributed by atoms with Crippen molar-refractivity contribution in [1.82, 2.24) is 15.1 Å². The van der Waals surface area contributed by atoms with Gasteiger partial charge in [0.1, 0.15) is 6.54 Å². The van der Waals surface area contributed by atoms with Gasteiger partial charge < -0.3 is 9.80 Å². The Morgan fingerprint density at radius 1 is 1.38 bits per heavy atom. The van der Waals surface area contributed by atoms with Crippen molar-refractivity contribution in [2.75, 3.05) is 37.8 Å². The number of amides is 2. The number of hydrogen-bond donors (Lipinski definition) is 1. The number of nitrogens with zero attached hydrogens (tertiary/aromatic N) is 2. The fourth-order valence-electron chi connectivity index (χ4n) is 2.97. The van der Waals surface area contributed by atoms with Crippen LogP contribution in [-0.4, -0.2) is 71.6 Å². The molecule has 0 saturated carbocycles. The zero-order chi connectivity index (χ0) is 17.0. The first kappa shape index (κ1) is 21.4. The summed E-state index contributed by atoms with van der Waals surface area (Å²) in [6.07, 6.45) is -3.23. The van der Waals surface area contributed by atoms with Gasteiger partial charge in [0.25, 0.3) is 0 Å². The highest BCUT2D eigenvalue weighted by molar-refractivity contribution is 7.99. The molecule has 1 N–H and O–H groups in total. The third kappa shape index (κ3) is 5.70. The summed E-state index contributed by atoms with van der Waals surface area (Å²) in [5.74, 6) is 0.330. The molecule has 0 aromatic heterocycles. The molecule has 0 aromatic rings. The summed E-state index contributed by atoms with van der Waals surface area (Å²) in [6.45, 7) is 1.11. The van der Waals surface area contributed by atoms with E-state index < -0.39 is 24.5 Å². The normalized spacial score (nSPS) is 24.4. The van der Waals surface area contributed by atoms with E-state index in [1.165, 1.54) is 6.92 Å². The van der Waals surface area contributed by atoms with Crippen LogP contribution in [0.2, 0.25) is 0 Å². The van der Waals surface area contributed by atoms with Gasteiger partial charge in [-0.2, -0.15) is 13.2 Å². The van der Waals surface area contributed by atoms with Gasteiger partial charge in [0.2, 0.25) is 11.8 Å². The van der Waals surface area contributed by atoms with Crippen LogP contribution in [0.1, 0.15) is 19.8 Å². The largest absolute Gasteiger partial charge is 0.406 e. The molecule has 2 atom stereocenters. The Kier molecular flexibility index (Phi) is 8.14. The fourth-order valence-corrected chi connectivity index (χ4v) is 3.91. The molecule has 2 saturated heterocycles. The van der Waals surface area contributed by atoms with E-state index >= 15 is 0 Å². The number of thioether (sulfide) groups is 1. The summed E-state index contributed by atoms with van der Waals surface area (Å²) in [4.78, 5) is 27.2. The fraction of sp³-hybridized carbons (Fsp3) is 0.857. The molecule has 24 heavy (non-hydrogen) atoms. The Bertz CT molecular complexity index is 447. The van der Waals surface area contributed by atoms with Crippen molar-refractivity contribution < 1.29 is 22.8 Å². The maximum absolute atomic E-state index is 12.6. The number of halogens is 4. The van der Waals surface area contributed by atoms with Crippen LogP contribution in [0.25, 0.3) is 0 Å². The van der Waals surface area contributed by atoms with Crippen molar-refractivity contribution in [3.05, 3.63) is 0 Å². The second-order valence-corrected chi connectivity index (χ2v) is 6.89. The SMILES string of the molecule is CCN(CC(F)(F)F)C(=O)C1CCCN(C(=O)C2CSCN2)C1.Cl. The number of rotatable bonds is 4. The van der Waals surface area contributed by atoms with E-state index in [4.69, 9.17) is 0 Å². The van der Waals surface area contributed by atoms with Gasteiger partial charge in [-0.1, -0.05) is 0 Å². The molecule has 0 spiro atoms. The molecular formula is C14H23ClF3N3O2S. The molecule has 10 heteroatoms. The number of carbonyl (C=O) groups excluding carboxylic acids is 2. The smallest absolute Gasteiger partial charge is 0.341 e. The van der Waals surface area contributed by atoms with Gasteiger partial charge in [-0.25, -0.2) is 0 Å². The maximum atomic E-state index is 12.6. The van der Waals surface area contributed by atoms with E-state index in [0.717, 1.165) is 10.8 Å². The second-order valence-electron chi connectivity index (χ2n) is 5.86. The minimum absolute atomic E-state index is 0. The lowest BCUT2D eigenvalue weighted by molar-refractivity contribution is -0.164. The quantitative estimate of drug-likeness (QED) is 0.795. The number of hydrogen-bond acceptors (Lipinski definition) is 4. The van der Waals surface area contributed by atoms with Gasteiger partial charge in [0.05, 0.1) is 12.0 Å². The Labute approximate surface area is 150 Å². The van der Waals surface area contributed by atoms with Gasteiger partial charge in [-0.05, 0) is 19.8 Å². The number of piperidine rings is 1. The van der Waals surface area contributed by atoms with Crippen molar-refractivity contribution in [3.8, 4) is 0 Å². The topological polar surface area (TPSA) is 52.7 Å². The van der Waals surface area contributed by atoms with Crippen molar-refractivity contribution in [2.24, 2.45) is 5.92 Å². The van der Waals surface area contributed by atoms with Crippen LogP contribution in [0.15, 0.2) is 0 Å². The highest BCUT2D eigenvalue weighted by Gasteiger charge is 2.37. The summed E-state index contributed by atoms with van der Waals surface area (Å²) in [5, 5.41) is 3.09. The molecule has 0 aliphatic carbocycles. The van der Waals surface area contributed by atoms with Gasteiger partial charge >= 0.3 is 6.18 Å². The molecule has 2 unspecified atom stereocenters. The molecule has 2 rings (SSSR count). The van der Waals surface area contributed by atoms with Crippen LogP contribution in [0.3, 0.4) is 0 Å². The van der Waals surface area contributed by atoms with Crippen LogP contribution in [0, 0.1) is 5.92 Å². The first-order valence-corrected chi connectivity index (χ1v) is 8.92. The van der Waals surface area contributed by atoms with Crippen molar-refractivity contribution in [1.29, 1.82) is 0 Å². The molecular weight excluding hydrogens is 367 g/mol. The molecule has 0 bridgehead atoms. The van der Waals surface area contributed by atoms with E-state index in [1.807, 2.05) is 0 Å². The highest BCUT2D eigenvalue weighted by Crippen LogP contribution is 2.23. The van der Waals surface area contributed by atoms with Crippen LogP contribution in [0.5, 0.6) is 0 Å². The molecule has 2 amide bonds. The Morgan fingerprint density at radius 3 is 2.62 bits per heavy atom. The van der Waals surface area contributed by atoms with Gasteiger partial charge in [-0.15, -0.1) is 24.2 Å². The minimum Gasteiger partial charge on any atom is -0.341 e. The Morgan fingerprint density at radius 2 is 2.08 bits per heavy atom. The first-order chi connectivity index (χ1) is 10.8. The van der Waals surface area contributed by atoms with Crippen LogP contribution in [0.4, 0.5) is 13.2 Å². The molecule has 2 aliphatic rings. The molecule has 2 fully saturated rings. The zero-order valence-corrected chi connectivity index (χ0v) is 15.1. The molecule has 2 heterocycles. The van der Waals surface area contributed by atoms with E-state index in [1.54, 1.807) is 16.7 Å². The molecule has 140 valence electrons. The van der Waals surface area contributed by atoms with Gasteiger partial charge in [-0.3, -0.25) is 14.9 Å². The summed E-state index contributed by atoms with van der Waals surface area (Å²) in [7, 11) is 0. The van der Waals surface area contributed by atoms with Crippen LogP contribution in [-0.2, 0) is 9.59 Å². The molecule has 0 radical (unpaired) electrons. The van der Waals surface area contributed by atoms with Crippen molar-refractivity contribution >= 4 is 36.0 Å². The highest BCUT2D eigenvalue weighted by atomic mass is 35.5. The molecule has 2 aliphatic heterocycles. The third-order valence-electron chi connectivity index (χ3n) is 4.16. The summed E-state index contributed by atoms with van der Waals surface area (Å²) >= 11 is 1.64. The predicted octanol–water partition coefficient (Wildman–Crippen LogP) is 1.72. The second kappa shape index (κ2) is 9.15. The average Bonchev–Trinajstić information content (AvgIpc) is 3.05. The monoisotopic (exact) mass is 389 g/mol. The third-order valence-corrected chi connectivity index (χ3v) is 5.10. The van der Waals surface area contributed by atoms with E-state index in [9.17, 15) is 22.8 Å². The minimum atomic E-state index is -4.40. The number of alkyl halides is 3. The summed E-state index contributed by atoms with van der Waals surface area (Å²) in [5.41, 5.74) is 0. The lowest BCUT2D eigenvalue weighted by Gasteiger charge is -2.36. The predicted molar refractivity (Wildman–Crippen MR) is 89.1 cm³/mol. The first-order valence-electron chi connectivity index (χ1n) is 7.77. The maximum Gasteiger partial charge on any atom is 0.406 e. The lowest BCUT2D eigenvalue weighted by Crippen LogP contribution is -2.52. The number of carbonyl (C=O) groups is 2. The average molecular weight is 390 g/mol. The number of nitrogens with one attached hydrogen (secondary N) is 1. The van der Waals surface area contributed by atoms with Crippen molar-refractivity contribution in [2.45, 2.75) is 32.0 Å². The molecule has 5 nitrogen and oxygen atoms in total. The van der Waals surface area contributed by atoms with Gasteiger partial charge in [0, 0.05) is 31.3 Å². The Hall–Kier alpha value is -0.670. The summed E-state index contributed by atoms with van der Waals surface area (Å²) in [6, 6.07) is -0.244. The lowest BCUT2D eigenvalue weighted by atomic mass is 9.96. The van der Waals surface area contributed by atoms with Gasteiger partial charge in [0.15, 0.2) is 0 Å². The van der Waals surface area contributed by atoms with E-state index in [2.05, 4.69) is 5.32 Å². The van der Waals surface area contributed by atoms with Crippen LogP contribution < -0.4 is 5.32 Å². The van der Waals surface area contributed by atoms with E-state index in [-0.39, 0.29) is 37.4 Å². The standard InChI is InChI=1S/C14H22F3N3O2S.ClH/c1-2-19(8-14(15,16)17)12(21)10-4-3-5-20(6-10)13(22)11-7-23-9-18-11;/h10-11,18H,2-9H2,1H3;1H. The van der Waals surface area contributed by atoms with E-state index in [0.29, 0.717) is 25.1 Å². The zero-order valence-electron chi connectivity index (χ0n) is 13.5. The van der Waals surface area contributed by atoms with Crippen LogP contribution >= 0.6 is 24.2 Å². The summed E-state index contributed by atoms with van der Waals surface area (Å²) < 4.78 is 37.7. The Balaban J connectivity index is 0.00000288. The van der Waals surface area contributed by atoms with Crippen molar-refractivity contribution in [3.63, 3.8) is 0 Å². The molecule has 0 aromatic carbocycles. The number of likely N-dealkylation sites (tertiary alicyclic amines) is 1.